The minimum Gasteiger partial charge on any atom is -0.378 e. The van der Waals surface area contributed by atoms with Crippen molar-refractivity contribution < 1.29 is 9.53 Å². The summed E-state index contributed by atoms with van der Waals surface area (Å²) in [5.41, 5.74) is 1.84. The van der Waals surface area contributed by atoms with E-state index >= 15 is 0 Å². The first-order valence-corrected chi connectivity index (χ1v) is 7.72. The van der Waals surface area contributed by atoms with E-state index in [0.29, 0.717) is 6.10 Å². The van der Waals surface area contributed by atoms with E-state index in [-0.39, 0.29) is 5.91 Å². The Balaban J connectivity index is 1.86. The zero-order valence-electron chi connectivity index (χ0n) is 13.3. The van der Waals surface area contributed by atoms with E-state index in [2.05, 4.69) is 0 Å². The molecule has 1 heterocycles. The van der Waals surface area contributed by atoms with Gasteiger partial charge < -0.3 is 14.5 Å². The SMILES string of the molecule is CN(CCC1CCCCO1)C(=O)c1ccc(N(C)C)cc1. The number of anilines is 1. The second kappa shape index (κ2) is 7.46. The van der Waals surface area contributed by atoms with Crippen molar-refractivity contribution in [2.45, 2.75) is 31.8 Å². The van der Waals surface area contributed by atoms with Gasteiger partial charge in [-0.1, -0.05) is 0 Å². The highest BCUT2D eigenvalue weighted by molar-refractivity contribution is 5.94. The number of ether oxygens (including phenoxy) is 1. The van der Waals surface area contributed by atoms with E-state index in [9.17, 15) is 4.79 Å². The molecule has 4 heteroatoms. The Kier molecular flexibility index (Phi) is 5.62. The number of hydrogen-bond donors (Lipinski definition) is 0. The van der Waals surface area contributed by atoms with Crippen LogP contribution in [-0.4, -0.2) is 51.2 Å². The average Bonchev–Trinajstić information content (AvgIpc) is 2.53. The van der Waals surface area contributed by atoms with Crippen LogP contribution in [0.5, 0.6) is 0 Å². The van der Waals surface area contributed by atoms with Crippen molar-refractivity contribution >= 4 is 11.6 Å². The van der Waals surface area contributed by atoms with E-state index in [1.807, 2.05) is 50.3 Å². The molecule has 0 radical (unpaired) electrons. The van der Waals surface area contributed by atoms with Gasteiger partial charge in [0, 0.05) is 45.5 Å². The number of carbonyl (C=O) groups excluding carboxylic acids is 1. The fourth-order valence-corrected chi connectivity index (χ4v) is 2.60. The van der Waals surface area contributed by atoms with Crippen LogP contribution in [0.4, 0.5) is 5.69 Å². The molecule has 0 saturated carbocycles. The number of hydrogen-bond acceptors (Lipinski definition) is 3. The monoisotopic (exact) mass is 290 g/mol. The first kappa shape index (κ1) is 15.8. The van der Waals surface area contributed by atoms with Crippen molar-refractivity contribution in [2.75, 3.05) is 39.2 Å². The largest absolute Gasteiger partial charge is 0.378 e. The van der Waals surface area contributed by atoms with Gasteiger partial charge in [0.2, 0.25) is 0 Å². The molecule has 0 aliphatic carbocycles. The second-order valence-electron chi connectivity index (χ2n) is 5.95. The highest BCUT2D eigenvalue weighted by atomic mass is 16.5. The summed E-state index contributed by atoms with van der Waals surface area (Å²) in [7, 11) is 5.85. The molecule has 2 rings (SSSR count). The summed E-state index contributed by atoms with van der Waals surface area (Å²) >= 11 is 0. The number of amides is 1. The van der Waals surface area contributed by atoms with Crippen LogP contribution in [0.25, 0.3) is 0 Å². The lowest BCUT2D eigenvalue weighted by Gasteiger charge is -2.25. The minimum atomic E-state index is 0.0797. The molecule has 1 atom stereocenters. The fourth-order valence-electron chi connectivity index (χ4n) is 2.60. The van der Waals surface area contributed by atoms with Crippen LogP contribution in [0.15, 0.2) is 24.3 Å². The third-order valence-corrected chi connectivity index (χ3v) is 4.04. The van der Waals surface area contributed by atoms with Gasteiger partial charge in [-0.15, -0.1) is 0 Å². The summed E-state index contributed by atoms with van der Waals surface area (Å²) in [5.74, 6) is 0.0797. The van der Waals surface area contributed by atoms with Crippen molar-refractivity contribution in [1.29, 1.82) is 0 Å². The number of rotatable bonds is 5. The summed E-state index contributed by atoms with van der Waals surface area (Å²) in [5, 5.41) is 0. The van der Waals surface area contributed by atoms with Crippen LogP contribution in [0, 0.1) is 0 Å². The molecule has 1 fully saturated rings. The van der Waals surface area contributed by atoms with Gasteiger partial charge in [0.15, 0.2) is 0 Å². The highest BCUT2D eigenvalue weighted by Crippen LogP contribution is 2.17. The zero-order chi connectivity index (χ0) is 15.2. The van der Waals surface area contributed by atoms with Gasteiger partial charge in [-0.05, 0) is 49.9 Å². The first-order valence-electron chi connectivity index (χ1n) is 7.72. The standard InChI is InChI=1S/C17H26N2O2/c1-18(2)15-9-7-14(8-10-15)17(20)19(3)12-11-16-6-4-5-13-21-16/h7-10,16H,4-6,11-13H2,1-3H3. The van der Waals surface area contributed by atoms with E-state index < -0.39 is 0 Å². The molecule has 21 heavy (non-hydrogen) atoms. The summed E-state index contributed by atoms with van der Waals surface area (Å²) in [4.78, 5) is 16.2. The Labute approximate surface area is 127 Å². The Bertz CT molecular complexity index is 450. The van der Waals surface area contributed by atoms with Crippen LogP contribution in [-0.2, 0) is 4.74 Å². The fraction of sp³-hybridized carbons (Fsp3) is 0.588. The molecule has 1 aliphatic heterocycles. The third kappa shape index (κ3) is 4.46. The maximum absolute atomic E-state index is 12.4. The molecule has 1 unspecified atom stereocenters. The molecule has 1 aromatic carbocycles. The lowest BCUT2D eigenvalue weighted by atomic mass is 10.1. The summed E-state index contributed by atoms with van der Waals surface area (Å²) in [6.07, 6.45) is 4.79. The van der Waals surface area contributed by atoms with Gasteiger partial charge in [-0.25, -0.2) is 0 Å². The van der Waals surface area contributed by atoms with Crippen molar-refractivity contribution in [3.8, 4) is 0 Å². The zero-order valence-corrected chi connectivity index (χ0v) is 13.3. The number of nitrogens with zero attached hydrogens (tertiary/aromatic N) is 2. The summed E-state index contributed by atoms with van der Waals surface area (Å²) in [6, 6.07) is 7.74. The van der Waals surface area contributed by atoms with Crippen LogP contribution >= 0.6 is 0 Å². The predicted octanol–water partition coefficient (Wildman–Crippen LogP) is 2.78. The Hall–Kier alpha value is -1.55. The molecule has 116 valence electrons. The maximum atomic E-state index is 12.4. The average molecular weight is 290 g/mol. The molecule has 1 amide bonds. The van der Waals surface area contributed by atoms with Gasteiger partial charge in [0.1, 0.15) is 0 Å². The summed E-state index contributed by atoms with van der Waals surface area (Å²) < 4.78 is 5.71. The van der Waals surface area contributed by atoms with Crippen molar-refractivity contribution in [2.24, 2.45) is 0 Å². The second-order valence-corrected chi connectivity index (χ2v) is 5.95. The Morgan fingerprint density at radius 3 is 2.48 bits per heavy atom. The molecular weight excluding hydrogens is 264 g/mol. The van der Waals surface area contributed by atoms with E-state index in [1.54, 1.807) is 4.90 Å². The molecular formula is C17H26N2O2. The van der Waals surface area contributed by atoms with Crippen LogP contribution < -0.4 is 4.90 Å². The smallest absolute Gasteiger partial charge is 0.253 e. The number of carbonyl (C=O) groups is 1. The molecule has 0 spiro atoms. The number of benzene rings is 1. The Morgan fingerprint density at radius 2 is 1.90 bits per heavy atom. The minimum absolute atomic E-state index is 0.0797. The molecule has 1 saturated heterocycles. The quantitative estimate of drug-likeness (QED) is 0.836. The predicted molar refractivity (Wildman–Crippen MR) is 85.9 cm³/mol. The van der Waals surface area contributed by atoms with Crippen LogP contribution in [0.2, 0.25) is 0 Å². The molecule has 0 bridgehead atoms. The third-order valence-electron chi connectivity index (χ3n) is 4.04. The van der Waals surface area contributed by atoms with Gasteiger partial charge >= 0.3 is 0 Å². The van der Waals surface area contributed by atoms with Crippen LogP contribution in [0.3, 0.4) is 0 Å². The highest BCUT2D eigenvalue weighted by Gasteiger charge is 2.17. The van der Waals surface area contributed by atoms with Crippen molar-refractivity contribution in [3.05, 3.63) is 29.8 Å². The topological polar surface area (TPSA) is 32.8 Å². The Morgan fingerprint density at radius 1 is 1.19 bits per heavy atom. The van der Waals surface area contributed by atoms with E-state index in [0.717, 1.165) is 37.2 Å². The molecule has 1 aliphatic rings. The van der Waals surface area contributed by atoms with E-state index in [1.165, 1.54) is 12.8 Å². The molecule has 1 aromatic rings. The first-order chi connectivity index (χ1) is 10.1. The van der Waals surface area contributed by atoms with Gasteiger partial charge in [0.05, 0.1) is 6.10 Å². The summed E-state index contributed by atoms with van der Waals surface area (Å²) in [6.45, 7) is 1.62. The van der Waals surface area contributed by atoms with Gasteiger partial charge in [-0.2, -0.15) is 0 Å². The molecule has 0 aromatic heterocycles. The lowest BCUT2D eigenvalue weighted by molar-refractivity contribution is 0.00709. The molecule has 0 N–H and O–H groups in total. The lowest BCUT2D eigenvalue weighted by Crippen LogP contribution is -2.31. The molecule has 4 nitrogen and oxygen atoms in total. The van der Waals surface area contributed by atoms with Gasteiger partial charge in [0.25, 0.3) is 5.91 Å². The van der Waals surface area contributed by atoms with Crippen molar-refractivity contribution in [3.63, 3.8) is 0 Å². The normalized spacial score (nSPS) is 18.3. The maximum Gasteiger partial charge on any atom is 0.253 e. The van der Waals surface area contributed by atoms with Gasteiger partial charge in [-0.3, -0.25) is 4.79 Å². The van der Waals surface area contributed by atoms with E-state index in [4.69, 9.17) is 4.74 Å². The van der Waals surface area contributed by atoms with Crippen LogP contribution in [0.1, 0.15) is 36.0 Å². The van der Waals surface area contributed by atoms with Crippen molar-refractivity contribution in [1.82, 2.24) is 4.90 Å².